The quantitative estimate of drug-likeness (QED) is 0.317. The van der Waals surface area contributed by atoms with Gasteiger partial charge < -0.3 is 19.7 Å². The molecule has 180 valence electrons. The van der Waals surface area contributed by atoms with E-state index >= 15 is 0 Å². The van der Waals surface area contributed by atoms with Crippen LogP contribution in [-0.4, -0.2) is 49.5 Å². The van der Waals surface area contributed by atoms with E-state index in [9.17, 15) is 25.4 Å². The van der Waals surface area contributed by atoms with E-state index in [0.717, 1.165) is 12.1 Å². The molecule has 0 amide bonds. The molecular formula is C20H21F4IN4O3S. The molecule has 4 rings (SSSR count). The van der Waals surface area contributed by atoms with Gasteiger partial charge in [-0.1, -0.05) is 16.6 Å². The Hall–Kier alpha value is -2.10. The number of nitrogens with one attached hydrogen (secondary N) is 1. The second-order valence-corrected chi connectivity index (χ2v) is 17.7. The molecule has 3 aromatic rings. The molecule has 33 heavy (non-hydrogen) atoms. The predicted molar refractivity (Wildman–Crippen MR) is 131 cm³/mol. The minimum atomic E-state index is -8.34. The number of anilines is 1. The molecule has 0 unspecified atom stereocenters. The number of hydrogen-bond donors (Lipinski definition) is 2. The van der Waals surface area contributed by atoms with Gasteiger partial charge in [0, 0.05) is 57.7 Å². The first-order valence-electron chi connectivity index (χ1n) is 9.66. The van der Waals surface area contributed by atoms with E-state index in [4.69, 9.17) is 4.74 Å². The van der Waals surface area contributed by atoms with Crippen molar-refractivity contribution in [2.24, 2.45) is 7.05 Å². The summed E-state index contributed by atoms with van der Waals surface area (Å²) in [4.78, 5) is 20.1. The standard InChI is InChI=1S/C20H21F4IN4O3S/c1-25-33(21,22,23,24)14-5-3-13(4-6-14)15-9-26-18(27-10-20(31)7-8-32-11-20)16-17(15)28-12-29(2)19(16)30/h3-6,9,12,31H,1,7-8,10-11H2,2H3,(H,26,27)/t20-/m0/s1. The number of fused-ring (bicyclic) bond motifs is 1. The molecule has 0 spiro atoms. The number of nitrogens with zero attached hydrogens (tertiary/aromatic N) is 3. The van der Waals surface area contributed by atoms with Crippen molar-refractivity contribution in [2.45, 2.75) is 16.9 Å². The number of ether oxygens (including phenoxy) is 1. The zero-order chi connectivity index (χ0) is 24.1. The third-order valence-corrected chi connectivity index (χ3v) is 12.3. The average Bonchev–Trinajstić information content (AvgIpc) is 3.21. The summed E-state index contributed by atoms with van der Waals surface area (Å²) in [6, 6.07) is 3.65. The fourth-order valence-electron chi connectivity index (χ4n) is 3.50. The summed E-state index contributed by atoms with van der Waals surface area (Å²) in [7, 11) is -6.83. The second-order valence-electron chi connectivity index (χ2n) is 7.89. The molecule has 1 aliphatic rings. The Morgan fingerprint density at radius 1 is 1.27 bits per heavy atom. The number of halogens is 5. The molecule has 2 N–H and O–H groups in total. The molecule has 1 atom stereocenters. The van der Waals surface area contributed by atoms with Gasteiger partial charge in [0.1, 0.15) is 16.8 Å². The number of benzene rings is 1. The van der Waals surface area contributed by atoms with Crippen LogP contribution >= 0.6 is 26.4 Å². The van der Waals surface area contributed by atoms with Crippen LogP contribution in [0.15, 0.2) is 46.5 Å². The zero-order valence-corrected chi connectivity index (χ0v) is 20.4. The number of hydrogen-bond acceptors (Lipinski definition) is 6. The van der Waals surface area contributed by atoms with E-state index in [1.54, 1.807) is 0 Å². The highest BCUT2D eigenvalue weighted by Crippen LogP contribution is 3.07. The highest BCUT2D eigenvalue weighted by atomic mass is 127. The summed E-state index contributed by atoms with van der Waals surface area (Å²) in [5.41, 5.74) is -0.702. The molecular weight excluding hydrogens is 579 g/mol. The van der Waals surface area contributed by atoms with Gasteiger partial charge in [-0.3, -0.25) is 4.79 Å². The van der Waals surface area contributed by atoms with Gasteiger partial charge in [-0.25, -0.2) is 9.97 Å². The first-order chi connectivity index (χ1) is 15.3. The molecule has 7 nitrogen and oxygen atoms in total. The zero-order valence-electron chi connectivity index (χ0n) is 17.4. The number of aliphatic hydroxyl groups is 1. The van der Waals surface area contributed by atoms with E-state index in [-0.39, 0.29) is 29.9 Å². The number of aryl methyl sites for hydroxylation is 1. The summed E-state index contributed by atoms with van der Waals surface area (Å²) in [5.74, 6) is 0.185. The minimum absolute atomic E-state index is 0.0860. The van der Waals surface area contributed by atoms with E-state index in [1.807, 2.05) is 0 Å². The van der Waals surface area contributed by atoms with Crippen molar-refractivity contribution in [3.8, 4) is 11.1 Å². The normalized spacial score (nSPS) is 21.0. The van der Waals surface area contributed by atoms with Crippen molar-refractivity contribution in [1.82, 2.24) is 14.5 Å². The van der Waals surface area contributed by atoms with Gasteiger partial charge >= 0.3 is 0 Å². The molecule has 1 fully saturated rings. The lowest BCUT2D eigenvalue weighted by atomic mass is 10.0. The summed E-state index contributed by atoms with van der Waals surface area (Å²) < 4.78 is 65.7. The Morgan fingerprint density at radius 2 is 1.97 bits per heavy atom. The van der Waals surface area contributed by atoms with Crippen molar-refractivity contribution in [1.29, 1.82) is 0 Å². The van der Waals surface area contributed by atoms with Crippen LogP contribution < -0.4 is 10.9 Å². The molecule has 0 saturated carbocycles. The van der Waals surface area contributed by atoms with Gasteiger partial charge in [-0.2, -0.15) is 0 Å². The molecule has 2 aromatic heterocycles. The Labute approximate surface area is 194 Å². The van der Waals surface area contributed by atoms with Crippen LogP contribution in [0.3, 0.4) is 0 Å². The summed E-state index contributed by atoms with van der Waals surface area (Å²) in [6.45, 7) is 0.648. The lowest BCUT2D eigenvalue weighted by Gasteiger charge is -2.45. The van der Waals surface area contributed by atoms with E-state index < -0.39 is 42.4 Å². The molecule has 0 bridgehead atoms. The molecule has 3 heterocycles. The number of rotatable bonds is 6. The van der Waals surface area contributed by atoms with Crippen LogP contribution in [-0.2, 0) is 11.8 Å². The van der Waals surface area contributed by atoms with Gasteiger partial charge in [0.25, 0.3) is 5.56 Å². The highest BCUT2D eigenvalue weighted by Gasteiger charge is 2.62. The maximum absolute atomic E-state index is 14.1. The lowest BCUT2D eigenvalue weighted by molar-refractivity contribution is 0.0381. The fraction of sp³-hybridized carbons (Fsp3) is 0.300. The Balaban J connectivity index is 1.79. The molecule has 1 saturated heterocycles. The number of pyridine rings is 1. The first-order valence-corrected chi connectivity index (χ1v) is 15.8. The van der Waals surface area contributed by atoms with Crippen LogP contribution in [0, 0.1) is 0 Å². The van der Waals surface area contributed by atoms with Crippen LogP contribution in [0.2, 0.25) is 0 Å². The third-order valence-electron chi connectivity index (χ3n) is 5.44. The summed E-state index contributed by atoms with van der Waals surface area (Å²) in [5, 5.41) is 13.6. The van der Waals surface area contributed by atoms with Crippen LogP contribution in [0.5, 0.6) is 0 Å². The Morgan fingerprint density at radius 3 is 2.58 bits per heavy atom. The second kappa shape index (κ2) is 7.45. The largest absolute Gasteiger partial charge is 0.386 e. The first kappa shape index (κ1) is 24.0. The van der Waals surface area contributed by atoms with Gasteiger partial charge in [0.05, 0.1) is 23.3 Å². The van der Waals surface area contributed by atoms with Crippen molar-refractivity contribution >= 4 is 47.6 Å². The predicted octanol–water partition coefficient (Wildman–Crippen LogP) is 4.65. The fourth-order valence-corrected chi connectivity index (χ4v) is 6.23. The van der Waals surface area contributed by atoms with Crippen molar-refractivity contribution in [2.75, 3.05) is 25.1 Å². The van der Waals surface area contributed by atoms with Gasteiger partial charge in [0.15, 0.2) is 0 Å². The molecule has 0 aliphatic carbocycles. The van der Waals surface area contributed by atoms with E-state index in [0.29, 0.717) is 36.3 Å². The monoisotopic (exact) mass is 600 g/mol. The molecule has 1 aromatic carbocycles. The highest BCUT2D eigenvalue weighted by molar-refractivity contribution is 14.2. The topological polar surface area (TPSA) is 89.3 Å². The lowest BCUT2D eigenvalue weighted by Crippen LogP contribution is -2.37. The van der Waals surface area contributed by atoms with E-state index in [2.05, 4.69) is 19.8 Å². The molecule has 0 radical (unpaired) electrons. The van der Waals surface area contributed by atoms with Crippen LogP contribution in [0.25, 0.3) is 22.0 Å². The minimum Gasteiger partial charge on any atom is -0.386 e. The van der Waals surface area contributed by atoms with Gasteiger partial charge in [0.2, 0.25) is 7.01 Å². The van der Waals surface area contributed by atoms with Gasteiger partial charge in [-0.05, 0) is 17.7 Å². The van der Waals surface area contributed by atoms with Crippen LogP contribution in [0.1, 0.15) is 6.42 Å². The van der Waals surface area contributed by atoms with Crippen molar-refractivity contribution < 1.29 is 25.4 Å². The summed E-state index contributed by atoms with van der Waals surface area (Å²) >= 11 is -2.91. The third kappa shape index (κ3) is 4.50. The Bertz CT molecular complexity index is 1320. The smallest absolute Gasteiger partial charge is 0.264 e. The van der Waals surface area contributed by atoms with Crippen LogP contribution in [0.4, 0.5) is 21.4 Å². The Kier molecular flexibility index (Phi) is 5.43. The SMILES string of the molecule is C=IS(F)(F)(F)(F)c1ccc(-c2cnc(NC[C@@]3(O)CCOC3)c3c(=O)n(C)cnc23)cc1. The average molecular weight is 600 g/mol. The maximum atomic E-state index is 14.1. The molecule has 1 aliphatic heterocycles. The van der Waals surface area contributed by atoms with Crippen molar-refractivity contribution in [3.63, 3.8) is 0 Å². The maximum Gasteiger partial charge on any atom is 0.264 e. The number of aromatic nitrogens is 3. The van der Waals surface area contributed by atoms with Crippen molar-refractivity contribution in [3.05, 3.63) is 47.1 Å². The summed E-state index contributed by atoms with van der Waals surface area (Å²) in [6.07, 6.45) is 3.09. The molecule has 13 heteroatoms. The van der Waals surface area contributed by atoms with E-state index in [1.165, 1.54) is 24.1 Å². The van der Waals surface area contributed by atoms with Gasteiger partial charge in [-0.15, -0.1) is 15.5 Å².